The highest BCUT2D eigenvalue weighted by Gasteiger charge is 2.13. The van der Waals surface area contributed by atoms with Gasteiger partial charge in [0.25, 0.3) is 0 Å². The summed E-state index contributed by atoms with van der Waals surface area (Å²) in [7, 11) is 0. The summed E-state index contributed by atoms with van der Waals surface area (Å²) in [4.78, 5) is 15.6. The zero-order valence-electron chi connectivity index (χ0n) is 11.4. The van der Waals surface area contributed by atoms with E-state index in [0.717, 1.165) is 34.6 Å². The maximum Gasteiger partial charge on any atom is 0.323 e. The number of carboxylic acid groups (broad SMARTS) is 1. The zero-order chi connectivity index (χ0) is 14.0. The molecule has 2 rings (SSSR count). The molecule has 1 aromatic heterocycles. The van der Waals surface area contributed by atoms with Crippen LogP contribution >= 0.6 is 11.8 Å². The number of carbonyl (C=O) groups is 1. The summed E-state index contributed by atoms with van der Waals surface area (Å²) >= 11 is 1.74. The standard InChI is InChI=1S/C14H18N2O2S/c1-9-6-11-12(7-10(9)2)16(8-14(17)18)13(15-11)4-5-19-3/h6-7H,4-5,8H2,1-3H3,(H,17,18). The van der Waals surface area contributed by atoms with E-state index >= 15 is 0 Å². The first-order valence-corrected chi connectivity index (χ1v) is 7.59. The first-order chi connectivity index (χ1) is 9.02. The number of carboxylic acids is 1. The Morgan fingerprint density at radius 1 is 1.37 bits per heavy atom. The summed E-state index contributed by atoms with van der Waals surface area (Å²) in [5, 5.41) is 9.06. The van der Waals surface area contributed by atoms with Crippen LogP contribution in [0, 0.1) is 13.8 Å². The van der Waals surface area contributed by atoms with Crippen LogP contribution in [0.15, 0.2) is 12.1 Å². The van der Waals surface area contributed by atoms with Gasteiger partial charge < -0.3 is 9.67 Å². The maximum absolute atomic E-state index is 11.0. The Morgan fingerprint density at radius 2 is 2.05 bits per heavy atom. The van der Waals surface area contributed by atoms with Gasteiger partial charge in [-0.1, -0.05) is 0 Å². The Balaban J connectivity index is 2.55. The van der Waals surface area contributed by atoms with Gasteiger partial charge in [0.15, 0.2) is 0 Å². The molecule has 0 atom stereocenters. The number of aliphatic carboxylic acids is 1. The van der Waals surface area contributed by atoms with Crippen molar-refractivity contribution in [2.24, 2.45) is 0 Å². The molecule has 0 unspecified atom stereocenters. The lowest BCUT2D eigenvalue weighted by atomic mass is 10.1. The molecule has 4 nitrogen and oxygen atoms in total. The van der Waals surface area contributed by atoms with Crippen molar-refractivity contribution in [2.45, 2.75) is 26.8 Å². The monoisotopic (exact) mass is 278 g/mol. The van der Waals surface area contributed by atoms with E-state index in [2.05, 4.69) is 4.98 Å². The van der Waals surface area contributed by atoms with Crippen molar-refractivity contribution >= 4 is 28.8 Å². The molecule has 2 aromatic rings. The summed E-state index contributed by atoms with van der Waals surface area (Å²) < 4.78 is 1.82. The molecule has 19 heavy (non-hydrogen) atoms. The van der Waals surface area contributed by atoms with Crippen LogP contribution in [0.4, 0.5) is 0 Å². The average Bonchev–Trinajstić information content (AvgIpc) is 2.65. The molecule has 0 saturated carbocycles. The molecule has 0 aliphatic rings. The Morgan fingerprint density at radius 3 is 2.68 bits per heavy atom. The van der Waals surface area contributed by atoms with E-state index in [1.807, 2.05) is 36.8 Å². The van der Waals surface area contributed by atoms with E-state index in [1.54, 1.807) is 11.8 Å². The van der Waals surface area contributed by atoms with Gasteiger partial charge in [0.1, 0.15) is 12.4 Å². The third-order valence-corrected chi connectivity index (χ3v) is 3.88. The topological polar surface area (TPSA) is 55.1 Å². The molecule has 102 valence electrons. The SMILES string of the molecule is CSCCc1nc2cc(C)c(C)cc2n1CC(=O)O. The fourth-order valence-electron chi connectivity index (χ4n) is 2.13. The second-order valence-corrected chi connectivity index (χ2v) is 5.66. The molecule has 0 aliphatic heterocycles. The van der Waals surface area contributed by atoms with Gasteiger partial charge in [-0.05, 0) is 43.4 Å². The quantitative estimate of drug-likeness (QED) is 0.913. The minimum atomic E-state index is -0.831. The predicted molar refractivity (Wildman–Crippen MR) is 78.9 cm³/mol. The van der Waals surface area contributed by atoms with Crippen molar-refractivity contribution < 1.29 is 9.90 Å². The van der Waals surface area contributed by atoms with Gasteiger partial charge >= 0.3 is 5.97 Å². The molecule has 0 fully saturated rings. The normalized spacial score (nSPS) is 11.1. The summed E-state index contributed by atoms with van der Waals surface area (Å²) in [6, 6.07) is 4.06. The van der Waals surface area contributed by atoms with Crippen molar-refractivity contribution in [3.05, 3.63) is 29.1 Å². The van der Waals surface area contributed by atoms with Crippen molar-refractivity contribution in [1.29, 1.82) is 0 Å². The summed E-state index contributed by atoms with van der Waals surface area (Å²) in [6.45, 7) is 4.06. The third kappa shape index (κ3) is 2.92. The highest BCUT2D eigenvalue weighted by atomic mass is 32.2. The molecule has 0 radical (unpaired) electrons. The van der Waals surface area contributed by atoms with Crippen LogP contribution in [0.25, 0.3) is 11.0 Å². The summed E-state index contributed by atoms with van der Waals surface area (Å²) in [5.74, 6) is 0.973. The molecule has 5 heteroatoms. The highest BCUT2D eigenvalue weighted by molar-refractivity contribution is 7.98. The van der Waals surface area contributed by atoms with Gasteiger partial charge in [-0.3, -0.25) is 4.79 Å². The molecule has 0 saturated heterocycles. The minimum Gasteiger partial charge on any atom is -0.480 e. The highest BCUT2D eigenvalue weighted by Crippen LogP contribution is 2.21. The van der Waals surface area contributed by atoms with Gasteiger partial charge in [-0.2, -0.15) is 11.8 Å². The molecule has 1 aromatic carbocycles. The van der Waals surface area contributed by atoms with Crippen LogP contribution in [0.5, 0.6) is 0 Å². The van der Waals surface area contributed by atoms with Gasteiger partial charge in [0.2, 0.25) is 0 Å². The fourth-order valence-corrected chi connectivity index (χ4v) is 2.51. The average molecular weight is 278 g/mol. The molecule has 0 bridgehead atoms. The van der Waals surface area contributed by atoms with Crippen LogP contribution < -0.4 is 0 Å². The number of aromatic nitrogens is 2. The van der Waals surface area contributed by atoms with Crippen LogP contribution in [0.2, 0.25) is 0 Å². The number of imidazole rings is 1. The Bertz CT molecular complexity index is 619. The predicted octanol–water partition coefficient (Wildman–Crippen LogP) is 2.64. The maximum atomic E-state index is 11.0. The van der Waals surface area contributed by atoms with Crippen molar-refractivity contribution in [1.82, 2.24) is 9.55 Å². The number of thioether (sulfide) groups is 1. The number of hydrogen-bond donors (Lipinski definition) is 1. The van der Waals surface area contributed by atoms with Crippen LogP contribution in [-0.4, -0.2) is 32.6 Å². The number of fused-ring (bicyclic) bond motifs is 1. The fraction of sp³-hybridized carbons (Fsp3) is 0.429. The molecular formula is C14H18N2O2S. The Hall–Kier alpha value is -1.49. The van der Waals surface area contributed by atoms with Crippen molar-refractivity contribution in [3.63, 3.8) is 0 Å². The van der Waals surface area contributed by atoms with E-state index in [-0.39, 0.29) is 6.54 Å². The number of benzene rings is 1. The second-order valence-electron chi connectivity index (χ2n) is 4.68. The van der Waals surface area contributed by atoms with Crippen LogP contribution in [0.1, 0.15) is 17.0 Å². The van der Waals surface area contributed by atoms with E-state index in [0.29, 0.717) is 0 Å². The molecule has 1 heterocycles. The van der Waals surface area contributed by atoms with Crippen molar-refractivity contribution in [3.8, 4) is 0 Å². The van der Waals surface area contributed by atoms with Crippen molar-refractivity contribution in [2.75, 3.05) is 12.0 Å². The molecule has 0 spiro atoms. The number of hydrogen-bond acceptors (Lipinski definition) is 3. The van der Waals surface area contributed by atoms with E-state index in [9.17, 15) is 4.79 Å². The largest absolute Gasteiger partial charge is 0.480 e. The van der Waals surface area contributed by atoms with Gasteiger partial charge in [-0.15, -0.1) is 0 Å². The first-order valence-electron chi connectivity index (χ1n) is 6.20. The van der Waals surface area contributed by atoms with Gasteiger partial charge in [0, 0.05) is 12.2 Å². The van der Waals surface area contributed by atoms with E-state index in [1.165, 1.54) is 5.56 Å². The van der Waals surface area contributed by atoms with Gasteiger partial charge in [0.05, 0.1) is 11.0 Å². The lowest BCUT2D eigenvalue weighted by Gasteiger charge is -2.06. The summed E-state index contributed by atoms with van der Waals surface area (Å²) in [6.07, 6.45) is 2.83. The van der Waals surface area contributed by atoms with Crippen LogP contribution in [0.3, 0.4) is 0 Å². The molecular weight excluding hydrogens is 260 g/mol. The Labute approximate surface area is 116 Å². The molecule has 1 N–H and O–H groups in total. The van der Waals surface area contributed by atoms with E-state index in [4.69, 9.17) is 5.11 Å². The molecule has 0 amide bonds. The lowest BCUT2D eigenvalue weighted by molar-refractivity contribution is -0.137. The lowest BCUT2D eigenvalue weighted by Crippen LogP contribution is -2.12. The number of rotatable bonds is 5. The zero-order valence-corrected chi connectivity index (χ0v) is 12.3. The van der Waals surface area contributed by atoms with Crippen LogP contribution in [-0.2, 0) is 17.8 Å². The first kappa shape index (κ1) is 13.9. The van der Waals surface area contributed by atoms with Gasteiger partial charge in [-0.25, -0.2) is 4.98 Å². The van der Waals surface area contributed by atoms with E-state index < -0.39 is 5.97 Å². The third-order valence-electron chi connectivity index (χ3n) is 3.27. The number of nitrogens with zero attached hydrogens (tertiary/aromatic N) is 2. The number of aryl methyl sites for hydroxylation is 3. The smallest absolute Gasteiger partial charge is 0.323 e. The Kier molecular flexibility index (Phi) is 4.14. The summed E-state index contributed by atoms with van der Waals surface area (Å²) in [5.41, 5.74) is 4.15. The second kappa shape index (κ2) is 5.65. The minimum absolute atomic E-state index is 0.0251. The molecule has 0 aliphatic carbocycles.